The van der Waals surface area contributed by atoms with E-state index in [9.17, 15) is 9.18 Å². The predicted octanol–water partition coefficient (Wildman–Crippen LogP) is 3.13. The van der Waals surface area contributed by atoms with Gasteiger partial charge in [-0.3, -0.25) is 4.79 Å². The number of methoxy groups -OCH3 is 1. The van der Waals surface area contributed by atoms with Crippen LogP contribution in [0.1, 0.15) is 11.1 Å². The lowest BCUT2D eigenvalue weighted by Gasteiger charge is -2.11. The third-order valence-corrected chi connectivity index (χ3v) is 4.44. The maximum absolute atomic E-state index is 13.5. The van der Waals surface area contributed by atoms with E-state index in [-0.39, 0.29) is 18.3 Å². The van der Waals surface area contributed by atoms with Gasteiger partial charge in [-0.25, -0.2) is 4.39 Å². The lowest BCUT2D eigenvalue weighted by molar-refractivity contribution is -0.122. The van der Waals surface area contributed by atoms with Crippen molar-refractivity contribution in [3.63, 3.8) is 0 Å². The topological polar surface area (TPSA) is 71.3 Å². The minimum atomic E-state index is -0.261. The van der Waals surface area contributed by atoms with Crippen LogP contribution in [0.25, 0.3) is 0 Å². The Bertz CT molecular complexity index is 793. The van der Waals surface area contributed by atoms with Crippen LogP contribution in [0.2, 0.25) is 0 Å². The molecule has 0 aliphatic carbocycles. The van der Waals surface area contributed by atoms with Gasteiger partial charge in [-0.15, -0.1) is 0 Å². The molecule has 0 bridgehead atoms. The van der Waals surface area contributed by atoms with Gasteiger partial charge < -0.3 is 14.8 Å². The van der Waals surface area contributed by atoms with Gasteiger partial charge in [0, 0.05) is 24.1 Å². The van der Waals surface area contributed by atoms with Crippen molar-refractivity contribution in [2.24, 2.45) is 0 Å². The maximum Gasteiger partial charge on any atom is 0.257 e. The Morgan fingerprint density at radius 3 is 2.81 bits per heavy atom. The first-order chi connectivity index (χ1) is 12.6. The number of carbonyl (C=O) groups is 1. The highest BCUT2D eigenvalue weighted by atomic mass is 32.2. The molecule has 26 heavy (non-hydrogen) atoms. The number of ether oxygens (including phenoxy) is 2. The van der Waals surface area contributed by atoms with E-state index in [2.05, 4.69) is 5.32 Å². The van der Waals surface area contributed by atoms with Gasteiger partial charge in [-0.2, -0.15) is 17.0 Å². The number of amides is 1. The van der Waals surface area contributed by atoms with E-state index in [0.29, 0.717) is 40.7 Å². The van der Waals surface area contributed by atoms with Gasteiger partial charge >= 0.3 is 0 Å². The Balaban J connectivity index is 1.68. The van der Waals surface area contributed by atoms with Crippen LogP contribution in [0.4, 0.5) is 4.39 Å². The monoisotopic (exact) mass is 374 g/mol. The van der Waals surface area contributed by atoms with Gasteiger partial charge in [0.2, 0.25) is 0 Å². The van der Waals surface area contributed by atoms with E-state index in [0.717, 1.165) is 0 Å². The van der Waals surface area contributed by atoms with Crippen LogP contribution in [0.5, 0.6) is 11.5 Å². The summed E-state index contributed by atoms with van der Waals surface area (Å²) in [7, 11) is 1.47. The van der Waals surface area contributed by atoms with Crippen molar-refractivity contribution < 1.29 is 18.7 Å². The first-order valence-corrected chi connectivity index (χ1v) is 9.08. The first-order valence-electron chi connectivity index (χ1n) is 7.93. The SMILES string of the molecule is COc1cc(C#N)ccc1OCC(=O)NCCSCc1ccccc1F. The van der Waals surface area contributed by atoms with Gasteiger partial charge in [0.1, 0.15) is 5.82 Å². The number of hydrogen-bond acceptors (Lipinski definition) is 5. The number of thioether (sulfide) groups is 1. The molecule has 0 aliphatic heterocycles. The van der Waals surface area contributed by atoms with E-state index in [1.54, 1.807) is 48.2 Å². The lowest BCUT2D eigenvalue weighted by Crippen LogP contribution is -2.30. The Labute approximate surface area is 156 Å². The quantitative estimate of drug-likeness (QED) is 0.683. The fourth-order valence-electron chi connectivity index (χ4n) is 2.11. The number of nitrogens with zero attached hydrogens (tertiary/aromatic N) is 1. The molecule has 1 amide bonds. The average molecular weight is 374 g/mol. The number of halogens is 1. The summed E-state index contributed by atoms with van der Waals surface area (Å²) in [5.74, 6) is 1.55. The van der Waals surface area contributed by atoms with Gasteiger partial charge in [0.05, 0.1) is 18.7 Å². The second kappa shape index (κ2) is 10.3. The van der Waals surface area contributed by atoms with Gasteiger partial charge in [0.15, 0.2) is 18.1 Å². The fraction of sp³-hybridized carbons (Fsp3) is 0.263. The molecule has 0 saturated heterocycles. The number of benzene rings is 2. The van der Waals surface area contributed by atoms with Crippen molar-refractivity contribution in [3.8, 4) is 17.6 Å². The van der Waals surface area contributed by atoms with Crippen molar-refractivity contribution in [2.45, 2.75) is 5.75 Å². The first kappa shape index (κ1) is 19.6. The molecule has 0 aromatic heterocycles. The van der Waals surface area contributed by atoms with Crippen molar-refractivity contribution in [1.82, 2.24) is 5.32 Å². The van der Waals surface area contributed by atoms with Gasteiger partial charge in [-0.05, 0) is 23.8 Å². The van der Waals surface area contributed by atoms with Crippen molar-refractivity contribution in [1.29, 1.82) is 5.26 Å². The van der Waals surface area contributed by atoms with Crippen LogP contribution in [0.15, 0.2) is 42.5 Å². The zero-order chi connectivity index (χ0) is 18.8. The highest BCUT2D eigenvalue weighted by Crippen LogP contribution is 2.27. The smallest absolute Gasteiger partial charge is 0.257 e. The number of rotatable bonds is 9. The summed E-state index contributed by atoms with van der Waals surface area (Å²) in [6.45, 7) is 0.312. The molecule has 2 rings (SSSR count). The summed E-state index contributed by atoms with van der Waals surface area (Å²) in [5.41, 5.74) is 1.10. The Hall–Kier alpha value is -2.72. The maximum atomic E-state index is 13.5. The standard InChI is InChI=1S/C19H19FN2O3S/c1-24-18-10-14(11-21)6-7-17(18)25-12-19(23)22-8-9-26-13-15-4-2-3-5-16(15)20/h2-7,10H,8-9,12-13H2,1H3,(H,22,23). The number of carbonyl (C=O) groups excluding carboxylic acids is 1. The molecule has 1 N–H and O–H groups in total. The zero-order valence-corrected chi connectivity index (χ0v) is 15.1. The molecule has 0 heterocycles. The zero-order valence-electron chi connectivity index (χ0n) is 14.3. The third kappa shape index (κ3) is 5.97. The third-order valence-electron chi connectivity index (χ3n) is 3.44. The van der Waals surface area contributed by atoms with Gasteiger partial charge in [0.25, 0.3) is 5.91 Å². The van der Waals surface area contributed by atoms with Crippen LogP contribution < -0.4 is 14.8 Å². The fourth-order valence-corrected chi connectivity index (χ4v) is 2.96. The molecule has 5 nitrogen and oxygen atoms in total. The number of hydrogen-bond donors (Lipinski definition) is 1. The highest BCUT2D eigenvalue weighted by molar-refractivity contribution is 7.98. The molecule has 0 aliphatic rings. The molecule has 0 radical (unpaired) electrons. The van der Waals surface area contributed by atoms with Crippen molar-refractivity contribution >= 4 is 17.7 Å². The lowest BCUT2D eigenvalue weighted by atomic mass is 10.2. The summed E-state index contributed by atoms with van der Waals surface area (Å²) in [4.78, 5) is 11.8. The minimum absolute atomic E-state index is 0.153. The summed E-state index contributed by atoms with van der Waals surface area (Å²) in [6, 6.07) is 13.4. The second-order valence-electron chi connectivity index (χ2n) is 5.26. The molecule has 0 unspecified atom stereocenters. The van der Waals surface area contributed by atoms with E-state index in [1.165, 1.54) is 13.2 Å². The van der Waals surface area contributed by atoms with Crippen molar-refractivity contribution in [2.75, 3.05) is 26.0 Å². The van der Waals surface area contributed by atoms with Crippen LogP contribution in [0.3, 0.4) is 0 Å². The molecular weight excluding hydrogens is 355 g/mol. The summed E-state index contributed by atoms with van der Waals surface area (Å²) < 4.78 is 24.0. The molecule has 0 saturated carbocycles. The molecule has 136 valence electrons. The average Bonchev–Trinajstić information content (AvgIpc) is 2.67. The molecular formula is C19H19FN2O3S. The Kier molecular flexibility index (Phi) is 7.77. The van der Waals surface area contributed by atoms with E-state index < -0.39 is 0 Å². The molecule has 2 aromatic rings. The van der Waals surface area contributed by atoms with Crippen LogP contribution in [-0.4, -0.2) is 31.9 Å². The summed E-state index contributed by atoms with van der Waals surface area (Å²) in [5, 5.41) is 11.6. The normalized spacial score (nSPS) is 10.0. The largest absolute Gasteiger partial charge is 0.493 e. The van der Waals surface area contributed by atoms with E-state index in [1.807, 2.05) is 6.07 Å². The molecule has 0 atom stereocenters. The number of nitriles is 1. The molecule has 0 fully saturated rings. The summed E-state index contributed by atoms with van der Waals surface area (Å²) in [6.07, 6.45) is 0. The Morgan fingerprint density at radius 2 is 2.08 bits per heavy atom. The van der Waals surface area contributed by atoms with Crippen molar-refractivity contribution in [3.05, 3.63) is 59.4 Å². The summed E-state index contributed by atoms with van der Waals surface area (Å²) >= 11 is 1.54. The molecule has 2 aromatic carbocycles. The van der Waals surface area contributed by atoms with Crippen LogP contribution >= 0.6 is 11.8 Å². The molecule has 0 spiro atoms. The number of nitrogens with one attached hydrogen (secondary N) is 1. The predicted molar refractivity (Wildman–Crippen MR) is 98.8 cm³/mol. The van der Waals surface area contributed by atoms with Gasteiger partial charge in [-0.1, -0.05) is 18.2 Å². The van der Waals surface area contributed by atoms with Crippen LogP contribution in [-0.2, 0) is 10.5 Å². The minimum Gasteiger partial charge on any atom is -0.493 e. The van der Waals surface area contributed by atoms with Crippen LogP contribution in [0, 0.1) is 17.1 Å². The van der Waals surface area contributed by atoms with E-state index in [4.69, 9.17) is 14.7 Å². The van der Waals surface area contributed by atoms with E-state index >= 15 is 0 Å². The second-order valence-corrected chi connectivity index (χ2v) is 6.37. The highest BCUT2D eigenvalue weighted by Gasteiger charge is 2.08. The molecule has 7 heteroatoms. The Morgan fingerprint density at radius 1 is 1.27 bits per heavy atom.